The van der Waals surface area contributed by atoms with Gasteiger partial charge >= 0.3 is 0 Å². The Kier molecular flexibility index (Phi) is 3.22. The summed E-state index contributed by atoms with van der Waals surface area (Å²) in [6, 6.07) is 0.0603. The molecule has 0 aromatic carbocycles. The van der Waals surface area contributed by atoms with Gasteiger partial charge in [0.2, 0.25) is 5.91 Å². The topological polar surface area (TPSA) is 90.3 Å². The van der Waals surface area contributed by atoms with E-state index in [0.29, 0.717) is 19.1 Å². The monoisotopic (exact) mass is 363 g/mol. The first-order valence-corrected chi connectivity index (χ1v) is 10.3. The number of hydrogen-bond acceptors (Lipinski definition) is 5. The zero-order valence-corrected chi connectivity index (χ0v) is 14.6. The molecule has 5 rings (SSSR count). The van der Waals surface area contributed by atoms with E-state index in [9.17, 15) is 13.2 Å². The molecule has 3 fully saturated rings. The fourth-order valence-corrected chi connectivity index (χ4v) is 5.89. The Morgan fingerprint density at radius 3 is 2.88 bits per heavy atom. The van der Waals surface area contributed by atoms with Crippen LogP contribution in [-0.2, 0) is 19.6 Å². The van der Waals surface area contributed by atoms with Gasteiger partial charge in [0, 0.05) is 18.7 Å². The summed E-state index contributed by atoms with van der Waals surface area (Å²) in [6.07, 6.45) is 11.0. The van der Waals surface area contributed by atoms with Crippen molar-refractivity contribution >= 4 is 15.9 Å². The second-order valence-electron chi connectivity index (χ2n) is 7.74. The molecule has 7 nitrogen and oxygen atoms in total. The van der Waals surface area contributed by atoms with Crippen LogP contribution >= 0.6 is 0 Å². The molecule has 1 aromatic rings. The minimum atomic E-state index is -3.89. The van der Waals surface area contributed by atoms with Crippen molar-refractivity contribution in [3.05, 3.63) is 24.5 Å². The zero-order valence-electron chi connectivity index (χ0n) is 13.8. The van der Waals surface area contributed by atoms with Crippen LogP contribution in [0.3, 0.4) is 0 Å². The average molecular weight is 363 g/mol. The zero-order chi connectivity index (χ0) is 17.2. The smallest absolute Gasteiger partial charge is 0.267 e. The molecule has 2 bridgehead atoms. The van der Waals surface area contributed by atoms with E-state index in [1.807, 2.05) is 0 Å². The largest absolute Gasteiger partial charge is 0.379 e. The molecule has 1 N–H and O–H groups in total. The van der Waals surface area contributed by atoms with Crippen LogP contribution < -0.4 is 4.72 Å². The van der Waals surface area contributed by atoms with Crippen LogP contribution in [0, 0.1) is 23.2 Å². The summed E-state index contributed by atoms with van der Waals surface area (Å²) in [7, 11) is -3.89. The highest BCUT2D eigenvalue weighted by Crippen LogP contribution is 2.70. The number of carbonyl (C=O) groups is 1. The number of hydrogen-bond donors (Lipinski definition) is 1. The summed E-state index contributed by atoms with van der Waals surface area (Å²) in [5.74, 6) is 0.0396. The Bertz CT molecular complexity index is 849. The van der Waals surface area contributed by atoms with Crippen LogP contribution in [0.1, 0.15) is 31.7 Å². The van der Waals surface area contributed by atoms with Crippen molar-refractivity contribution in [3.8, 4) is 0 Å². The van der Waals surface area contributed by atoms with Gasteiger partial charge in [-0.2, -0.15) is 5.10 Å². The molecule has 134 valence electrons. The maximum atomic E-state index is 12.6. The Balaban J connectivity index is 1.31. The number of carbonyl (C=O) groups excluding carboxylic acids is 1. The number of nitrogens with zero attached hydrogens (tertiary/aromatic N) is 2. The van der Waals surface area contributed by atoms with Crippen LogP contribution in [0.15, 0.2) is 29.4 Å². The standard InChI is InChI=1S/C17H21N3O4S/c21-16(14-7-11-1-2-15(14)17(11)4-5-17)19-25(22,23)13-8-18-20(9-13)12-3-6-24-10-12/h1-2,8-9,11-12,14-15H,3-7,10H2,(H,19,21)/t11-,12?,14-,15+/m1/s1. The molecule has 1 aromatic heterocycles. The third kappa shape index (κ3) is 2.30. The highest BCUT2D eigenvalue weighted by molar-refractivity contribution is 7.90. The summed E-state index contributed by atoms with van der Waals surface area (Å²) in [5.41, 5.74) is 0.263. The van der Waals surface area contributed by atoms with Gasteiger partial charge in [0.15, 0.2) is 0 Å². The third-order valence-corrected chi connectivity index (χ3v) is 7.76. The SMILES string of the molecule is O=C(NS(=O)(=O)c1cnn(C2CCOC2)c1)[C@@H]1C[C@H]2C=C[C@@H]1C21CC1. The molecular formula is C17H21N3O4S. The molecule has 1 aliphatic heterocycles. The molecule has 25 heavy (non-hydrogen) atoms. The van der Waals surface area contributed by atoms with Crippen LogP contribution in [-0.4, -0.2) is 37.3 Å². The Hall–Kier alpha value is -1.67. The van der Waals surface area contributed by atoms with Gasteiger partial charge in [0.25, 0.3) is 10.0 Å². The first-order chi connectivity index (χ1) is 12.0. The number of allylic oxidation sites excluding steroid dienone is 2. The Morgan fingerprint density at radius 1 is 1.36 bits per heavy atom. The van der Waals surface area contributed by atoms with Gasteiger partial charge in [0.05, 0.1) is 18.8 Å². The second-order valence-corrected chi connectivity index (χ2v) is 9.42. The second kappa shape index (κ2) is 5.17. The molecule has 3 aliphatic carbocycles. The average Bonchev–Trinajstić information content (AvgIpc) is 2.99. The summed E-state index contributed by atoms with van der Waals surface area (Å²) in [6.45, 7) is 1.19. The number of amides is 1. The lowest BCUT2D eigenvalue weighted by atomic mass is 9.88. The molecule has 4 aliphatic rings. The van der Waals surface area contributed by atoms with E-state index in [-0.39, 0.29) is 34.1 Å². The Morgan fingerprint density at radius 2 is 2.20 bits per heavy atom. The number of aromatic nitrogens is 2. The van der Waals surface area contributed by atoms with E-state index in [1.54, 1.807) is 4.68 Å². The molecule has 8 heteroatoms. The lowest BCUT2D eigenvalue weighted by Gasteiger charge is -2.18. The fraction of sp³-hybridized carbons (Fsp3) is 0.647. The van der Waals surface area contributed by atoms with Gasteiger partial charge in [-0.3, -0.25) is 9.48 Å². The van der Waals surface area contributed by atoms with Crippen molar-refractivity contribution in [1.82, 2.24) is 14.5 Å². The molecule has 1 amide bonds. The minimum absolute atomic E-state index is 0.0348. The van der Waals surface area contributed by atoms with Gasteiger partial charge in [-0.15, -0.1) is 0 Å². The van der Waals surface area contributed by atoms with E-state index >= 15 is 0 Å². The Labute approximate surface area is 146 Å². The maximum absolute atomic E-state index is 12.6. The normalized spacial score (nSPS) is 34.7. The van der Waals surface area contributed by atoms with E-state index in [1.165, 1.54) is 12.4 Å². The lowest BCUT2D eigenvalue weighted by molar-refractivity contribution is -0.124. The molecule has 1 spiro atoms. The van der Waals surface area contributed by atoms with Gasteiger partial charge in [-0.1, -0.05) is 12.2 Å². The third-order valence-electron chi connectivity index (χ3n) is 6.46. The van der Waals surface area contributed by atoms with Gasteiger partial charge in [0.1, 0.15) is 4.90 Å². The highest BCUT2D eigenvalue weighted by Gasteiger charge is 2.64. The number of nitrogens with one attached hydrogen (secondary N) is 1. The first-order valence-electron chi connectivity index (χ1n) is 8.86. The van der Waals surface area contributed by atoms with Crippen LogP contribution in [0.2, 0.25) is 0 Å². The number of sulfonamides is 1. The van der Waals surface area contributed by atoms with Crippen molar-refractivity contribution in [2.75, 3.05) is 13.2 Å². The van der Waals surface area contributed by atoms with Crippen LogP contribution in [0.4, 0.5) is 0 Å². The highest BCUT2D eigenvalue weighted by atomic mass is 32.2. The maximum Gasteiger partial charge on any atom is 0.267 e. The van der Waals surface area contributed by atoms with Crippen LogP contribution in [0.5, 0.6) is 0 Å². The van der Waals surface area contributed by atoms with Crippen LogP contribution in [0.25, 0.3) is 0 Å². The summed E-state index contributed by atoms with van der Waals surface area (Å²) in [5, 5.41) is 4.14. The van der Waals surface area contributed by atoms with E-state index < -0.39 is 10.0 Å². The van der Waals surface area contributed by atoms with Crippen molar-refractivity contribution in [2.45, 2.75) is 36.6 Å². The quantitative estimate of drug-likeness (QED) is 0.813. The van der Waals surface area contributed by atoms with Crippen molar-refractivity contribution in [3.63, 3.8) is 0 Å². The molecule has 1 saturated heterocycles. The summed E-state index contributed by atoms with van der Waals surface area (Å²) in [4.78, 5) is 12.7. The van der Waals surface area contributed by atoms with Gasteiger partial charge < -0.3 is 4.74 Å². The lowest BCUT2D eigenvalue weighted by Crippen LogP contribution is -2.37. The fourth-order valence-electron chi connectivity index (χ4n) is 4.93. The van der Waals surface area contributed by atoms with Crippen molar-refractivity contribution in [1.29, 1.82) is 0 Å². The van der Waals surface area contributed by atoms with E-state index in [4.69, 9.17) is 4.74 Å². The minimum Gasteiger partial charge on any atom is -0.379 e. The molecule has 0 radical (unpaired) electrons. The predicted octanol–water partition coefficient (Wildman–Crippen LogP) is 1.25. The van der Waals surface area contributed by atoms with Crippen molar-refractivity contribution < 1.29 is 17.9 Å². The number of rotatable bonds is 4. The molecule has 2 heterocycles. The summed E-state index contributed by atoms with van der Waals surface area (Å²) >= 11 is 0. The van der Waals surface area contributed by atoms with E-state index in [0.717, 1.165) is 25.7 Å². The summed E-state index contributed by atoms with van der Waals surface area (Å²) < 4.78 is 34.4. The molecular weight excluding hydrogens is 342 g/mol. The van der Waals surface area contributed by atoms with E-state index in [2.05, 4.69) is 22.0 Å². The molecule has 1 unspecified atom stereocenters. The van der Waals surface area contributed by atoms with Crippen molar-refractivity contribution in [2.24, 2.45) is 23.2 Å². The molecule has 4 atom stereocenters. The first kappa shape index (κ1) is 15.6. The number of ether oxygens (including phenoxy) is 1. The van der Waals surface area contributed by atoms with Gasteiger partial charge in [-0.05, 0) is 42.9 Å². The molecule has 2 saturated carbocycles. The van der Waals surface area contributed by atoms with Gasteiger partial charge in [-0.25, -0.2) is 13.1 Å². The predicted molar refractivity (Wildman–Crippen MR) is 87.9 cm³/mol.